The van der Waals surface area contributed by atoms with Crippen LogP contribution in [0.3, 0.4) is 0 Å². The van der Waals surface area contributed by atoms with Crippen LogP contribution in [-0.4, -0.2) is 22.7 Å². The Morgan fingerprint density at radius 1 is 1.58 bits per heavy atom. The summed E-state index contributed by atoms with van der Waals surface area (Å²) < 4.78 is 0. The Morgan fingerprint density at radius 3 is 2.92 bits per heavy atom. The van der Waals surface area contributed by atoms with Crippen molar-refractivity contribution >= 4 is 28.7 Å². The predicted molar refractivity (Wildman–Crippen MR) is 48.0 cm³/mol. The van der Waals surface area contributed by atoms with Crippen LogP contribution in [0.5, 0.6) is 0 Å². The zero-order valence-corrected chi connectivity index (χ0v) is 7.61. The van der Waals surface area contributed by atoms with Gasteiger partial charge >= 0.3 is 0 Å². The lowest BCUT2D eigenvalue weighted by Gasteiger charge is -2.10. The quantitative estimate of drug-likeness (QED) is 0.640. The number of nitrogens with zero attached hydrogens (tertiary/aromatic N) is 1. The Morgan fingerprint density at radius 2 is 2.33 bits per heavy atom. The van der Waals surface area contributed by atoms with Crippen molar-refractivity contribution in [1.82, 2.24) is 5.32 Å². The maximum Gasteiger partial charge on any atom is 0.257 e. The minimum absolute atomic E-state index is 0.115. The molecule has 1 N–H and O–H groups in total. The predicted octanol–water partition coefficient (Wildman–Crippen LogP) is 0.532. The highest BCUT2D eigenvalue weighted by Crippen LogP contribution is 2.07. The summed E-state index contributed by atoms with van der Waals surface area (Å²) in [6.07, 6.45) is 0.879. The summed E-state index contributed by atoms with van der Waals surface area (Å²) in [7, 11) is 0. The standard InChI is InChI=1S/C7H10N2O2S/c1-2-3-12-7-8-5(10)4-6(11)9-7/h2-4H2,1H3,(H,8,9,10,11). The number of rotatable bonds is 2. The van der Waals surface area contributed by atoms with Crippen molar-refractivity contribution in [3.63, 3.8) is 0 Å². The highest BCUT2D eigenvalue weighted by atomic mass is 32.2. The third-order valence-electron chi connectivity index (χ3n) is 1.23. The first-order valence-corrected chi connectivity index (χ1v) is 4.75. The Hall–Kier alpha value is -0.840. The molecule has 0 aliphatic carbocycles. The normalized spacial score (nSPS) is 17.2. The Kier molecular flexibility index (Phi) is 3.28. The number of amides is 2. The maximum absolute atomic E-state index is 10.8. The summed E-state index contributed by atoms with van der Waals surface area (Å²) >= 11 is 1.40. The third kappa shape index (κ3) is 2.65. The van der Waals surface area contributed by atoms with Crippen LogP contribution in [0.1, 0.15) is 19.8 Å². The molecule has 0 unspecified atom stereocenters. The van der Waals surface area contributed by atoms with E-state index in [1.165, 1.54) is 11.8 Å². The number of hydrogen-bond donors (Lipinski definition) is 1. The van der Waals surface area contributed by atoms with Crippen molar-refractivity contribution in [2.24, 2.45) is 4.99 Å². The van der Waals surface area contributed by atoms with Crippen molar-refractivity contribution in [2.75, 3.05) is 5.75 Å². The molecule has 0 saturated carbocycles. The number of hydrogen-bond acceptors (Lipinski definition) is 3. The zero-order chi connectivity index (χ0) is 8.97. The van der Waals surface area contributed by atoms with Gasteiger partial charge < -0.3 is 5.32 Å². The van der Waals surface area contributed by atoms with Gasteiger partial charge in [-0.15, -0.1) is 0 Å². The van der Waals surface area contributed by atoms with Crippen molar-refractivity contribution in [3.05, 3.63) is 0 Å². The van der Waals surface area contributed by atoms with Crippen LogP contribution < -0.4 is 5.32 Å². The molecule has 0 spiro atoms. The first-order chi connectivity index (χ1) is 5.72. The molecule has 2 amide bonds. The molecule has 0 atom stereocenters. The van der Waals surface area contributed by atoms with Crippen LogP contribution in [0, 0.1) is 0 Å². The summed E-state index contributed by atoms with van der Waals surface area (Å²) in [6.45, 7) is 2.03. The van der Waals surface area contributed by atoms with E-state index in [4.69, 9.17) is 0 Å². The number of thioether (sulfide) groups is 1. The molecular formula is C7H10N2O2S. The molecule has 0 saturated heterocycles. The number of carbonyl (C=O) groups excluding carboxylic acids is 2. The van der Waals surface area contributed by atoms with E-state index in [1.807, 2.05) is 6.92 Å². The maximum atomic E-state index is 10.8. The average molecular weight is 186 g/mol. The summed E-state index contributed by atoms with van der Waals surface area (Å²) in [4.78, 5) is 25.3. The highest BCUT2D eigenvalue weighted by molar-refractivity contribution is 8.13. The number of carbonyl (C=O) groups is 2. The van der Waals surface area contributed by atoms with Crippen molar-refractivity contribution in [2.45, 2.75) is 19.8 Å². The molecular weight excluding hydrogens is 176 g/mol. The molecule has 66 valence electrons. The van der Waals surface area contributed by atoms with E-state index in [2.05, 4.69) is 10.3 Å². The van der Waals surface area contributed by atoms with Gasteiger partial charge in [-0.25, -0.2) is 0 Å². The van der Waals surface area contributed by atoms with Crippen LogP contribution in [-0.2, 0) is 9.59 Å². The molecule has 5 heteroatoms. The van der Waals surface area contributed by atoms with Crippen molar-refractivity contribution < 1.29 is 9.59 Å². The van der Waals surface area contributed by atoms with E-state index in [-0.39, 0.29) is 18.2 Å². The first-order valence-electron chi connectivity index (χ1n) is 3.76. The number of nitrogens with one attached hydrogen (secondary N) is 1. The SMILES string of the molecule is CCCSC1=NC(=O)CC(=O)N1. The van der Waals surface area contributed by atoms with Gasteiger partial charge in [-0.1, -0.05) is 18.7 Å². The molecule has 0 fully saturated rings. The van der Waals surface area contributed by atoms with Crippen molar-refractivity contribution in [3.8, 4) is 0 Å². The summed E-state index contributed by atoms with van der Waals surface area (Å²) in [5, 5.41) is 2.98. The van der Waals surface area contributed by atoms with E-state index in [9.17, 15) is 9.59 Å². The molecule has 0 aromatic rings. The largest absolute Gasteiger partial charge is 0.305 e. The summed E-state index contributed by atoms with van der Waals surface area (Å²) in [5.41, 5.74) is 0. The Bertz CT molecular complexity index is 238. The van der Waals surface area contributed by atoms with Crippen LogP contribution >= 0.6 is 11.8 Å². The monoisotopic (exact) mass is 186 g/mol. The molecule has 0 aromatic heterocycles. The fourth-order valence-electron chi connectivity index (χ4n) is 0.749. The Balaban J connectivity index is 2.52. The fraction of sp³-hybridized carbons (Fsp3) is 0.571. The average Bonchev–Trinajstić information content (AvgIpc) is 1.99. The molecule has 0 bridgehead atoms. The van der Waals surface area contributed by atoms with Gasteiger partial charge in [0.2, 0.25) is 5.91 Å². The summed E-state index contributed by atoms with van der Waals surface area (Å²) in [5.74, 6) is 0.262. The van der Waals surface area contributed by atoms with Crippen LogP contribution in [0.4, 0.5) is 0 Å². The van der Waals surface area contributed by atoms with Gasteiger partial charge in [0, 0.05) is 5.75 Å². The van der Waals surface area contributed by atoms with Gasteiger partial charge in [-0.2, -0.15) is 4.99 Å². The van der Waals surface area contributed by atoms with Crippen LogP contribution in [0.25, 0.3) is 0 Å². The third-order valence-corrected chi connectivity index (χ3v) is 2.31. The van der Waals surface area contributed by atoms with Gasteiger partial charge in [-0.3, -0.25) is 9.59 Å². The van der Waals surface area contributed by atoms with Gasteiger partial charge in [0.05, 0.1) is 0 Å². The lowest BCUT2D eigenvalue weighted by Crippen LogP contribution is -2.35. The van der Waals surface area contributed by atoms with E-state index >= 15 is 0 Å². The van der Waals surface area contributed by atoms with Gasteiger partial charge in [-0.05, 0) is 6.42 Å². The number of amidine groups is 1. The second-order valence-electron chi connectivity index (χ2n) is 2.38. The zero-order valence-electron chi connectivity index (χ0n) is 6.79. The first kappa shape index (κ1) is 9.25. The van der Waals surface area contributed by atoms with E-state index in [0.29, 0.717) is 5.17 Å². The molecule has 1 aliphatic heterocycles. The smallest absolute Gasteiger partial charge is 0.257 e. The molecule has 4 nitrogen and oxygen atoms in total. The van der Waals surface area contributed by atoms with Crippen LogP contribution in [0.2, 0.25) is 0 Å². The van der Waals surface area contributed by atoms with E-state index < -0.39 is 0 Å². The molecule has 0 radical (unpaired) electrons. The minimum atomic E-state index is -0.350. The van der Waals surface area contributed by atoms with E-state index in [0.717, 1.165) is 12.2 Å². The number of aliphatic imine (C=N–C) groups is 1. The second-order valence-corrected chi connectivity index (χ2v) is 3.47. The molecule has 0 aromatic carbocycles. The molecule has 1 rings (SSSR count). The topological polar surface area (TPSA) is 58.5 Å². The second kappa shape index (κ2) is 4.25. The lowest BCUT2D eigenvalue weighted by molar-refractivity contribution is -0.127. The molecule has 1 aliphatic rings. The van der Waals surface area contributed by atoms with Gasteiger partial charge in [0.15, 0.2) is 5.17 Å². The van der Waals surface area contributed by atoms with Gasteiger partial charge in [0.1, 0.15) is 6.42 Å². The highest BCUT2D eigenvalue weighted by Gasteiger charge is 2.17. The fourth-order valence-corrected chi connectivity index (χ4v) is 1.50. The summed E-state index contributed by atoms with van der Waals surface area (Å²) in [6, 6.07) is 0. The Labute approximate surface area is 74.8 Å². The molecule has 1 heterocycles. The van der Waals surface area contributed by atoms with Crippen LogP contribution in [0.15, 0.2) is 4.99 Å². The lowest BCUT2D eigenvalue weighted by atomic mass is 10.4. The minimum Gasteiger partial charge on any atom is -0.305 e. The van der Waals surface area contributed by atoms with E-state index in [1.54, 1.807) is 0 Å². The van der Waals surface area contributed by atoms with Gasteiger partial charge in [0.25, 0.3) is 5.91 Å². The molecule has 12 heavy (non-hydrogen) atoms. The van der Waals surface area contributed by atoms with Crippen molar-refractivity contribution in [1.29, 1.82) is 0 Å².